The van der Waals surface area contributed by atoms with Gasteiger partial charge in [0.05, 0.1) is 5.69 Å². The van der Waals surface area contributed by atoms with Crippen molar-refractivity contribution in [1.29, 1.82) is 0 Å². The fraction of sp³-hybridized carbons (Fsp3) is 0.500. The predicted octanol–water partition coefficient (Wildman–Crippen LogP) is 1.19. The molecule has 112 valence electrons. The number of fused-ring (bicyclic) bond motifs is 1. The summed E-state index contributed by atoms with van der Waals surface area (Å²) in [4.78, 5) is 19.1. The van der Waals surface area contributed by atoms with Gasteiger partial charge in [-0.3, -0.25) is 14.1 Å². The highest BCUT2D eigenvalue weighted by molar-refractivity contribution is 5.41. The van der Waals surface area contributed by atoms with Crippen molar-refractivity contribution >= 4 is 5.65 Å². The van der Waals surface area contributed by atoms with Gasteiger partial charge in [0.15, 0.2) is 0 Å². The van der Waals surface area contributed by atoms with E-state index in [0.29, 0.717) is 12.6 Å². The van der Waals surface area contributed by atoms with Crippen molar-refractivity contribution in [3.63, 3.8) is 0 Å². The van der Waals surface area contributed by atoms with Gasteiger partial charge < -0.3 is 5.32 Å². The van der Waals surface area contributed by atoms with Gasteiger partial charge in [0.2, 0.25) is 0 Å². The van der Waals surface area contributed by atoms with E-state index in [9.17, 15) is 4.79 Å². The van der Waals surface area contributed by atoms with Crippen LogP contribution < -0.4 is 10.9 Å². The van der Waals surface area contributed by atoms with Crippen LogP contribution in [0.1, 0.15) is 24.1 Å². The van der Waals surface area contributed by atoms with Crippen molar-refractivity contribution < 1.29 is 0 Å². The molecule has 1 aliphatic rings. The van der Waals surface area contributed by atoms with Gasteiger partial charge in [-0.15, -0.1) is 0 Å². The molecule has 1 atom stereocenters. The second-order valence-corrected chi connectivity index (χ2v) is 5.93. The summed E-state index contributed by atoms with van der Waals surface area (Å²) in [6.07, 6.45) is 4.20. The van der Waals surface area contributed by atoms with Crippen molar-refractivity contribution in [2.45, 2.75) is 32.4 Å². The van der Waals surface area contributed by atoms with E-state index in [1.54, 1.807) is 16.7 Å². The third kappa shape index (κ3) is 3.14. The van der Waals surface area contributed by atoms with Crippen LogP contribution in [0, 0.1) is 6.92 Å². The fourth-order valence-electron chi connectivity index (χ4n) is 2.93. The number of aromatic nitrogens is 2. The van der Waals surface area contributed by atoms with Crippen molar-refractivity contribution in [3.8, 4) is 0 Å². The minimum absolute atomic E-state index is 0.00910. The number of hydrogen-bond acceptors (Lipinski definition) is 4. The van der Waals surface area contributed by atoms with Crippen LogP contribution in [0.25, 0.3) is 5.65 Å². The molecule has 2 aromatic rings. The Morgan fingerprint density at radius 2 is 2.33 bits per heavy atom. The van der Waals surface area contributed by atoms with Crippen molar-refractivity contribution in [2.75, 3.05) is 20.1 Å². The van der Waals surface area contributed by atoms with Crippen molar-refractivity contribution in [1.82, 2.24) is 19.6 Å². The number of pyridine rings is 1. The Morgan fingerprint density at radius 1 is 1.48 bits per heavy atom. The molecule has 5 nitrogen and oxygen atoms in total. The van der Waals surface area contributed by atoms with E-state index < -0.39 is 0 Å². The number of aryl methyl sites for hydroxylation is 1. The van der Waals surface area contributed by atoms with Crippen LogP contribution in [0.4, 0.5) is 0 Å². The zero-order valence-corrected chi connectivity index (χ0v) is 12.7. The van der Waals surface area contributed by atoms with E-state index in [2.05, 4.69) is 22.2 Å². The topological polar surface area (TPSA) is 49.6 Å². The molecule has 1 aliphatic heterocycles. The Kier molecular flexibility index (Phi) is 4.03. The Balaban J connectivity index is 1.85. The standard InChI is InChI=1S/C16H22N4O/c1-12-5-7-20-15(8-12)18-13(9-16(20)21)11-19(2)14-4-3-6-17-10-14/h5,7-9,14,17H,3-4,6,10-11H2,1-2H3. The average molecular weight is 286 g/mol. The number of rotatable bonds is 3. The number of likely N-dealkylation sites (N-methyl/N-ethyl adjacent to an activating group) is 1. The lowest BCUT2D eigenvalue weighted by molar-refractivity contribution is 0.194. The number of piperidine rings is 1. The van der Waals surface area contributed by atoms with Crippen molar-refractivity contribution in [3.05, 3.63) is 46.0 Å². The molecule has 0 saturated carbocycles. The van der Waals surface area contributed by atoms with Gasteiger partial charge in [-0.1, -0.05) is 0 Å². The van der Waals surface area contributed by atoms with E-state index in [1.807, 2.05) is 19.1 Å². The van der Waals surface area contributed by atoms with Gasteiger partial charge in [-0.25, -0.2) is 4.98 Å². The highest BCUT2D eigenvalue weighted by atomic mass is 16.1. The molecule has 0 bridgehead atoms. The second kappa shape index (κ2) is 5.95. The zero-order valence-electron chi connectivity index (χ0n) is 12.7. The normalized spacial score (nSPS) is 19.3. The van der Waals surface area contributed by atoms with Crippen LogP contribution in [-0.4, -0.2) is 40.5 Å². The van der Waals surface area contributed by atoms with E-state index in [0.717, 1.165) is 30.0 Å². The highest BCUT2D eigenvalue weighted by Gasteiger charge is 2.18. The van der Waals surface area contributed by atoms with Crippen LogP contribution in [0.2, 0.25) is 0 Å². The zero-order chi connectivity index (χ0) is 14.8. The Bertz CT molecular complexity index is 688. The van der Waals surface area contributed by atoms with Crippen LogP contribution in [0.15, 0.2) is 29.2 Å². The molecule has 0 aliphatic carbocycles. The molecule has 3 rings (SSSR count). The average Bonchev–Trinajstić information content (AvgIpc) is 2.47. The van der Waals surface area contributed by atoms with Crippen molar-refractivity contribution in [2.24, 2.45) is 0 Å². The molecule has 1 fully saturated rings. The maximum atomic E-state index is 12.2. The minimum Gasteiger partial charge on any atom is -0.315 e. The summed E-state index contributed by atoms with van der Waals surface area (Å²) in [5, 5.41) is 3.42. The smallest absolute Gasteiger partial charge is 0.258 e. The molecular weight excluding hydrogens is 264 g/mol. The molecule has 1 unspecified atom stereocenters. The SMILES string of the molecule is Cc1ccn2c(=O)cc(CN(C)C3CCCNC3)nc2c1. The number of nitrogens with one attached hydrogen (secondary N) is 1. The van der Waals surface area contributed by atoms with E-state index in [-0.39, 0.29) is 5.56 Å². The maximum Gasteiger partial charge on any atom is 0.258 e. The maximum absolute atomic E-state index is 12.2. The summed E-state index contributed by atoms with van der Waals surface area (Å²) >= 11 is 0. The van der Waals surface area contributed by atoms with E-state index in [4.69, 9.17) is 0 Å². The first-order valence-corrected chi connectivity index (χ1v) is 7.53. The molecule has 0 amide bonds. The summed E-state index contributed by atoms with van der Waals surface area (Å²) in [5.41, 5.74) is 2.68. The van der Waals surface area contributed by atoms with E-state index in [1.165, 1.54) is 12.8 Å². The molecule has 0 radical (unpaired) electrons. The first kappa shape index (κ1) is 14.2. The fourth-order valence-corrected chi connectivity index (χ4v) is 2.93. The van der Waals surface area contributed by atoms with Gasteiger partial charge >= 0.3 is 0 Å². The minimum atomic E-state index is -0.00910. The molecule has 2 aromatic heterocycles. The number of nitrogens with zero attached hydrogens (tertiary/aromatic N) is 3. The summed E-state index contributed by atoms with van der Waals surface area (Å²) in [6, 6.07) is 6.05. The van der Waals surface area contributed by atoms with Crippen LogP contribution in [0.5, 0.6) is 0 Å². The number of hydrogen-bond donors (Lipinski definition) is 1. The Hall–Kier alpha value is -1.72. The summed E-state index contributed by atoms with van der Waals surface area (Å²) < 4.78 is 1.60. The molecule has 1 N–H and O–H groups in total. The molecule has 0 spiro atoms. The first-order valence-electron chi connectivity index (χ1n) is 7.53. The largest absolute Gasteiger partial charge is 0.315 e. The third-order valence-corrected chi connectivity index (χ3v) is 4.18. The molecule has 3 heterocycles. The summed E-state index contributed by atoms with van der Waals surface area (Å²) in [5.74, 6) is 0. The highest BCUT2D eigenvalue weighted by Crippen LogP contribution is 2.11. The second-order valence-electron chi connectivity index (χ2n) is 5.93. The Labute approximate surface area is 124 Å². The lowest BCUT2D eigenvalue weighted by Gasteiger charge is -2.31. The van der Waals surface area contributed by atoms with Gasteiger partial charge in [0.1, 0.15) is 5.65 Å². The van der Waals surface area contributed by atoms with Gasteiger partial charge in [-0.2, -0.15) is 0 Å². The molecule has 5 heteroatoms. The lowest BCUT2D eigenvalue weighted by atomic mass is 10.1. The summed E-state index contributed by atoms with van der Waals surface area (Å²) in [7, 11) is 2.11. The van der Waals surface area contributed by atoms with E-state index >= 15 is 0 Å². The first-order chi connectivity index (χ1) is 10.1. The van der Waals surface area contributed by atoms with Gasteiger partial charge in [0, 0.05) is 31.4 Å². The summed E-state index contributed by atoms with van der Waals surface area (Å²) in [6.45, 7) is 4.85. The monoisotopic (exact) mass is 286 g/mol. The predicted molar refractivity (Wildman–Crippen MR) is 83.6 cm³/mol. The van der Waals surface area contributed by atoms with Crippen LogP contribution >= 0.6 is 0 Å². The quantitative estimate of drug-likeness (QED) is 0.921. The Morgan fingerprint density at radius 3 is 3.10 bits per heavy atom. The molecule has 1 saturated heterocycles. The third-order valence-electron chi connectivity index (χ3n) is 4.18. The van der Waals surface area contributed by atoms with Crippen LogP contribution in [0.3, 0.4) is 0 Å². The van der Waals surface area contributed by atoms with Crippen LogP contribution in [-0.2, 0) is 6.54 Å². The lowest BCUT2D eigenvalue weighted by Crippen LogP contribution is -2.43. The molecule has 21 heavy (non-hydrogen) atoms. The van der Waals surface area contributed by atoms with Gasteiger partial charge in [0.25, 0.3) is 5.56 Å². The van der Waals surface area contributed by atoms with Gasteiger partial charge in [-0.05, 0) is 51.1 Å². The molecular formula is C16H22N4O. The molecule has 0 aromatic carbocycles.